The third-order valence-electron chi connectivity index (χ3n) is 5.63. The molecule has 0 fully saturated rings. The predicted octanol–water partition coefficient (Wildman–Crippen LogP) is 5.72. The van der Waals surface area contributed by atoms with Crippen molar-refractivity contribution in [1.82, 2.24) is 0 Å². The summed E-state index contributed by atoms with van der Waals surface area (Å²) >= 11 is 0. The van der Waals surface area contributed by atoms with Gasteiger partial charge in [-0.2, -0.15) is 0 Å². The number of hydrogen-bond acceptors (Lipinski definition) is 4. The van der Waals surface area contributed by atoms with Gasteiger partial charge in [0.2, 0.25) is 5.91 Å². The highest BCUT2D eigenvalue weighted by atomic mass is 32.2. The normalized spacial score (nSPS) is 11.1. The lowest BCUT2D eigenvalue weighted by atomic mass is 10.1. The number of hydrogen-bond donors (Lipinski definition) is 1. The first-order chi connectivity index (χ1) is 17.3. The number of nitrogens with zero attached hydrogens (tertiary/aromatic N) is 1. The molecule has 0 unspecified atom stereocenters. The lowest BCUT2D eigenvalue weighted by Gasteiger charge is -2.26. The van der Waals surface area contributed by atoms with E-state index in [0.29, 0.717) is 23.7 Å². The van der Waals surface area contributed by atoms with Crippen LogP contribution in [-0.4, -0.2) is 20.9 Å². The Morgan fingerprint density at radius 3 is 2.11 bits per heavy atom. The van der Waals surface area contributed by atoms with Crippen LogP contribution in [0.3, 0.4) is 0 Å². The second kappa shape index (κ2) is 11.1. The minimum Gasteiger partial charge on any atom is -0.489 e. The standard InChI is InChI=1S/C29H28N2O4S/c1-22-13-18-28(23(2)19-22)31(36(33,34)27-11-7-4-8-12-27)20-29(32)30-25-14-16-26(17-15-25)35-21-24-9-5-3-6-10-24/h3-19H,20-21H2,1-2H3,(H,30,32). The Labute approximate surface area is 212 Å². The van der Waals surface area contributed by atoms with Crippen molar-refractivity contribution in [3.63, 3.8) is 0 Å². The number of amides is 1. The van der Waals surface area contributed by atoms with Gasteiger partial charge in [0.25, 0.3) is 10.0 Å². The molecule has 0 atom stereocenters. The monoisotopic (exact) mass is 500 g/mol. The van der Waals surface area contributed by atoms with Crippen molar-refractivity contribution in [2.24, 2.45) is 0 Å². The Bertz CT molecular complexity index is 1420. The van der Waals surface area contributed by atoms with E-state index in [-0.39, 0.29) is 11.4 Å². The number of nitrogens with one attached hydrogen (secondary N) is 1. The number of sulfonamides is 1. The maximum Gasteiger partial charge on any atom is 0.264 e. The Morgan fingerprint density at radius 2 is 1.47 bits per heavy atom. The van der Waals surface area contributed by atoms with Crippen molar-refractivity contribution in [1.29, 1.82) is 0 Å². The van der Waals surface area contributed by atoms with Crippen LogP contribution >= 0.6 is 0 Å². The number of ether oxygens (including phenoxy) is 1. The minimum absolute atomic E-state index is 0.123. The fraction of sp³-hybridized carbons (Fsp3) is 0.138. The van der Waals surface area contributed by atoms with Crippen LogP contribution in [-0.2, 0) is 21.4 Å². The van der Waals surface area contributed by atoms with Gasteiger partial charge in [0.1, 0.15) is 18.9 Å². The summed E-state index contributed by atoms with van der Waals surface area (Å²) in [5.41, 5.74) is 3.84. The number of benzene rings is 4. The molecule has 0 saturated carbocycles. The number of aryl methyl sites for hydroxylation is 2. The summed E-state index contributed by atoms with van der Waals surface area (Å²) in [7, 11) is -3.96. The lowest BCUT2D eigenvalue weighted by Crippen LogP contribution is -2.38. The molecule has 4 aromatic carbocycles. The van der Waals surface area contributed by atoms with Gasteiger partial charge in [-0.1, -0.05) is 66.2 Å². The molecule has 0 aliphatic rings. The Balaban J connectivity index is 1.50. The number of carbonyl (C=O) groups excluding carboxylic acids is 1. The fourth-order valence-electron chi connectivity index (χ4n) is 3.81. The van der Waals surface area contributed by atoms with Crippen LogP contribution in [0.5, 0.6) is 5.75 Å². The number of rotatable bonds is 9. The zero-order valence-corrected chi connectivity index (χ0v) is 21.0. The first-order valence-electron chi connectivity index (χ1n) is 11.5. The molecule has 4 aromatic rings. The summed E-state index contributed by atoms with van der Waals surface area (Å²) in [5.74, 6) is 0.216. The van der Waals surface area contributed by atoms with E-state index in [2.05, 4.69) is 5.32 Å². The first kappa shape index (κ1) is 25.0. The molecule has 0 aliphatic heterocycles. The molecule has 1 amide bonds. The van der Waals surface area contributed by atoms with E-state index in [0.717, 1.165) is 21.0 Å². The summed E-state index contributed by atoms with van der Waals surface area (Å²) in [6.45, 7) is 3.84. The van der Waals surface area contributed by atoms with Crippen molar-refractivity contribution >= 4 is 27.3 Å². The molecule has 36 heavy (non-hydrogen) atoms. The molecular formula is C29H28N2O4S. The molecule has 0 aliphatic carbocycles. The third kappa shape index (κ3) is 6.12. The van der Waals surface area contributed by atoms with Crippen molar-refractivity contribution < 1.29 is 17.9 Å². The summed E-state index contributed by atoms with van der Waals surface area (Å²) in [4.78, 5) is 13.1. The molecule has 4 rings (SSSR count). The van der Waals surface area contributed by atoms with Crippen LogP contribution in [0.4, 0.5) is 11.4 Å². The summed E-state index contributed by atoms with van der Waals surface area (Å²) in [5, 5.41) is 2.80. The Kier molecular flexibility index (Phi) is 7.71. The molecule has 0 saturated heterocycles. The van der Waals surface area contributed by atoms with Gasteiger partial charge in [0.05, 0.1) is 10.6 Å². The van der Waals surface area contributed by atoms with Crippen molar-refractivity contribution in [3.05, 3.63) is 120 Å². The fourth-order valence-corrected chi connectivity index (χ4v) is 5.32. The van der Waals surface area contributed by atoms with Crippen LogP contribution in [0.2, 0.25) is 0 Å². The van der Waals surface area contributed by atoms with E-state index in [1.165, 1.54) is 12.1 Å². The molecule has 0 heterocycles. The van der Waals surface area contributed by atoms with E-state index in [1.807, 2.05) is 56.3 Å². The van der Waals surface area contributed by atoms with Gasteiger partial charge in [-0.15, -0.1) is 0 Å². The second-order valence-corrected chi connectivity index (χ2v) is 10.3. The zero-order chi connectivity index (χ0) is 25.5. The van der Waals surface area contributed by atoms with Gasteiger partial charge in [0, 0.05) is 5.69 Å². The summed E-state index contributed by atoms with van der Waals surface area (Å²) in [6, 6.07) is 30.4. The highest BCUT2D eigenvalue weighted by molar-refractivity contribution is 7.92. The molecule has 184 valence electrons. The average Bonchev–Trinajstić information content (AvgIpc) is 2.88. The molecule has 0 bridgehead atoms. The van der Waals surface area contributed by atoms with Crippen LogP contribution < -0.4 is 14.4 Å². The lowest BCUT2D eigenvalue weighted by molar-refractivity contribution is -0.114. The SMILES string of the molecule is Cc1ccc(N(CC(=O)Nc2ccc(OCc3ccccc3)cc2)S(=O)(=O)c2ccccc2)c(C)c1. The number of anilines is 2. The van der Waals surface area contributed by atoms with Crippen LogP contribution in [0.1, 0.15) is 16.7 Å². The highest BCUT2D eigenvalue weighted by Crippen LogP contribution is 2.28. The van der Waals surface area contributed by atoms with Gasteiger partial charge >= 0.3 is 0 Å². The van der Waals surface area contributed by atoms with Gasteiger partial charge in [-0.05, 0) is 67.4 Å². The van der Waals surface area contributed by atoms with E-state index < -0.39 is 15.9 Å². The second-order valence-electron chi connectivity index (χ2n) is 8.46. The maximum absolute atomic E-state index is 13.5. The smallest absolute Gasteiger partial charge is 0.264 e. The zero-order valence-electron chi connectivity index (χ0n) is 20.2. The molecule has 0 spiro atoms. The molecule has 1 N–H and O–H groups in total. The maximum atomic E-state index is 13.5. The summed E-state index contributed by atoms with van der Waals surface area (Å²) in [6.07, 6.45) is 0. The van der Waals surface area contributed by atoms with Crippen molar-refractivity contribution in [3.8, 4) is 5.75 Å². The molecule has 0 aromatic heterocycles. The first-order valence-corrected chi connectivity index (χ1v) is 13.0. The Hall–Kier alpha value is -4.10. The van der Waals surface area contributed by atoms with E-state index in [1.54, 1.807) is 48.5 Å². The van der Waals surface area contributed by atoms with Crippen LogP contribution in [0.15, 0.2) is 108 Å². The van der Waals surface area contributed by atoms with Gasteiger partial charge in [0.15, 0.2) is 0 Å². The predicted molar refractivity (Wildman–Crippen MR) is 143 cm³/mol. The van der Waals surface area contributed by atoms with Crippen LogP contribution in [0, 0.1) is 13.8 Å². The van der Waals surface area contributed by atoms with Gasteiger partial charge in [-0.25, -0.2) is 8.42 Å². The minimum atomic E-state index is -3.96. The van der Waals surface area contributed by atoms with E-state index in [4.69, 9.17) is 4.74 Å². The van der Waals surface area contributed by atoms with E-state index in [9.17, 15) is 13.2 Å². The van der Waals surface area contributed by atoms with Crippen molar-refractivity contribution in [2.45, 2.75) is 25.3 Å². The van der Waals surface area contributed by atoms with Gasteiger partial charge in [-0.3, -0.25) is 9.10 Å². The van der Waals surface area contributed by atoms with Gasteiger partial charge < -0.3 is 10.1 Å². The van der Waals surface area contributed by atoms with E-state index >= 15 is 0 Å². The number of carbonyl (C=O) groups is 1. The molecule has 7 heteroatoms. The third-order valence-corrected chi connectivity index (χ3v) is 7.40. The largest absolute Gasteiger partial charge is 0.489 e. The highest BCUT2D eigenvalue weighted by Gasteiger charge is 2.28. The topological polar surface area (TPSA) is 75.7 Å². The molecular weight excluding hydrogens is 472 g/mol. The van der Waals surface area contributed by atoms with Crippen molar-refractivity contribution in [2.75, 3.05) is 16.2 Å². The summed E-state index contributed by atoms with van der Waals surface area (Å²) < 4.78 is 34.0. The quantitative estimate of drug-likeness (QED) is 0.319. The average molecular weight is 501 g/mol. The molecule has 0 radical (unpaired) electrons. The molecule has 6 nitrogen and oxygen atoms in total. The van der Waals surface area contributed by atoms with Crippen LogP contribution in [0.25, 0.3) is 0 Å². The Morgan fingerprint density at radius 1 is 0.833 bits per heavy atom.